The van der Waals surface area contributed by atoms with Crippen molar-refractivity contribution in [1.82, 2.24) is 5.32 Å². The highest BCUT2D eigenvalue weighted by Gasteiger charge is 2.12. The second kappa shape index (κ2) is 4.98. The summed E-state index contributed by atoms with van der Waals surface area (Å²) in [6, 6.07) is 1.81. The lowest BCUT2D eigenvalue weighted by atomic mass is 10.2. The van der Waals surface area contributed by atoms with Gasteiger partial charge in [0.05, 0.1) is 18.1 Å². The average Bonchev–Trinajstić information content (AvgIpc) is 2.62. The summed E-state index contributed by atoms with van der Waals surface area (Å²) in [7, 11) is 0. The summed E-state index contributed by atoms with van der Waals surface area (Å²) in [6.45, 7) is 6.30. The number of nitrogens with one attached hydrogen (secondary N) is 1. The highest BCUT2D eigenvalue weighted by molar-refractivity contribution is 5.77. The molecular weight excluding hydrogens is 194 g/mol. The first-order valence-electron chi connectivity index (χ1n) is 4.89. The molecule has 1 heterocycles. The van der Waals surface area contributed by atoms with Crippen LogP contribution in [-0.4, -0.2) is 18.1 Å². The molecule has 84 valence electrons. The van der Waals surface area contributed by atoms with Gasteiger partial charge in [0, 0.05) is 12.1 Å². The predicted molar refractivity (Wildman–Crippen MR) is 56.3 cm³/mol. The van der Waals surface area contributed by atoms with Crippen LogP contribution in [0.15, 0.2) is 23.0 Å². The molecule has 1 aromatic rings. The first-order chi connectivity index (χ1) is 6.97. The molecule has 0 aliphatic carbocycles. The van der Waals surface area contributed by atoms with E-state index in [1.54, 1.807) is 12.5 Å². The largest absolute Gasteiger partial charge is 0.472 e. The third kappa shape index (κ3) is 5.22. The molecular formula is C11H17NO3. The molecule has 0 fully saturated rings. The quantitative estimate of drug-likeness (QED) is 0.824. The Morgan fingerprint density at radius 1 is 1.53 bits per heavy atom. The van der Waals surface area contributed by atoms with Gasteiger partial charge >= 0.3 is 0 Å². The molecule has 0 aromatic carbocycles. The van der Waals surface area contributed by atoms with E-state index in [1.807, 2.05) is 26.8 Å². The van der Waals surface area contributed by atoms with Crippen LogP contribution < -0.4 is 5.32 Å². The van der Waals surface area contributed by atoms with E-state index in [0.29, 0.717) is 6.54 Å². The lowest BCUT2D eigenvalue weighted by molar-refractivity contribution is -0.130. The topological polar surface area (TPSA) is 51.5 Å². The van der Waals surface area contributed by atoms with Crippen LogP contribution >= 0.6 is 0 Å². The molecule has 0 atom stereocenters. The zero-order valence-corrected chi connectivity index (χ0v) is 9.37. The third-order valence-electron chi connectivity index (χ3n) is 1.71. The van der Waals surface area contributed by atoms with Gasteiger partial charge in [0.2, 0.25) is 5.91 Å². The maximum absolute atomic E-state index is 11.3. The minimum absolute atomic E-state index is 0.0847. The number of carbonyl (C=O) groups excluding carboxylic acids is 1. The van der Waals surface area contributed by atoms with Crippen molar-refractivity contribution in [2.75, 3.05) is 6.61 Å². The number of hydrogen-bond acceptors (Lipinski definition) is 3. The Labute approximate surface area is 89.6 Å². The summed E-state index contributed by atoms with van der Waals surface area (Å²) in [5.74, 6) is -0.119. The molecule has 4 nitrogen and oxygen atoms in total. The Balaban J connectivity index is 2.20. The molecule has 4 heteroatoms. The van der Waals surface area contributed by atoms with E-state index in [9.17, 15) is 4.79 Å². The lowest BCUT2D eigenvalue weighted by Crippen LogP contribution is -2.31. The molecule has 1 rings (SSSR count). The molecule has 1 aromatic heterocycles. The van der Waals surface area contributed by atoms with Crippen molar-refractivity contribution < 1.29 is 13.9 Å². The highest BCUT2D eigenvalue weighted by atomic mass is 16.5. The van der Waals surface area contributed by atoms with Gasteiger partial charge in [0.1, 0.15) is 6.61 Å². The Hall–Kier alpha value is -1.29. The molecule has 15 heavy (non-hydrogen) atoms. The van der Waals surface area contributed by atoms with Crippen molar-refractivity contribution in [2.24, 2.45) is 0 Å². The zero-order chi connectivity index (χ0) is 11.3. The Morgan fingerprint density at radius 3 is 2.80 bits per heavy atom. The fourth-order valence-electron chi connectivity index (χ4n) is 0.927. The van der Waals surface area contributed by atoms with Gasteiger partial charge < -0.3 is 14.5 Å². The summed E-state index contributed by atoms with van der Waals surface area (Å²) in [4.78, 5) is 11.3. The van der Waals surface area contributed by atoms with Crippen LogP contribution in [0.3, 0.4) is 0 Å². The van der Waals surface area contributed by atoms with Crippen molar-refractivity contribution >= 4 is 5.91 Å². The van der Waals surface area contributed by atoms with Gasteiger partial charge in [-0.1, -0.05) is 0 Å². The van der Waals surface area contributed by atoms with Crippen LogP contribution in [0.25, 0.3) is 0 Å². The minimum Gasteiger partial charge on any atom is -0.472 e. The van der Waals surface area contributed by atoms with Crippen molar-refractivity contribution in [2.45, 2.75) is 32.9 Å². The fourth-order valence-corrected chi connectivity index (χ4v) is 0.927. The van der Waals surface area contributed by atoms with Crippen LogP contribution in [0, 0.1) is 0 Å². The van der Waals surface area contributed by atoms with E-state index in [4.69, 9.17) is 9.15 Å². The van der Waals surface area contributed by atoms with E-state index in [1.165, 1.54) is 0 Å². The Morgan fingerprint density at radius 2 is 2.27 bits per heavy atom. The SMILES string of the molecule is CC(C)(C)OCC(=O)NCc1ccoc1. The maximum Gasteiger partial charge on any atom is 0.246 e. The lowest BCUT2D eigenvalue weighted by Gasteiger charge is -2.18. The summed E-state index contributed by atoms with van der Waals surface area (Å²) in [5, 5.41) is 2.73. The minimum atomic E-state index is -0.285. The third-order valence-corrected chi connectivity index (χ3v) is 1.71. The number of amides is 1. The van der Waals surface area contributed by atoms with Crippen molar-refractivity contribution in [3.63, 3.8) is 0 Å². The smallest absolute Gasteiger partial charge is 0.246 e. The first-order valence-corrected chi connectivity index (χ1v) is 4.89. The monoisotopic (exact) mass is 211 g/mol. The van der Waals surface area contributed by atoms with Crippen LogP contribution in [-0.2, 0) is 16.1 Å². The maximum atomic E-state index is 11.3. The van der Waals surface area contributed by atoms with Gasteiger partial charge in [-0.25, -0.2) is 0 Å². The van der Waals surface area contributed by atoms with Crippen LogP contribution in [0.5, 0.6) is 0 Å². The van der Waals surface area contributed by atoms with E-state index in [-0.39, 0.29) is 18.1 Å². The second-order valence-corrected chi connectivity index (χ2v) is 4.31. The number of furan rings is 1. The zero-order valence-electron chi connectivity index (χ0n) is 9.37. The average molecular weight is 211 g/mol. The van der Waals surface area contributed by atoms with Crippen LogP contribution in [0.2, 0.25) is 0 Å². The van der Waals surface area contributed by atoms with Gasteiger partial charge in [-0.2, -0.15) is 0 Å². The summed E-state index contributed by atoms with van der Waals surface area (Å²) < 4.78 is 10.2. The van der Waals surface area contributed by atoms with Gasteiger partial charge in [-0.3, -0.25) is 4.79 Å². The molecule has 0 aliphatic heterocycles. The molecule has 0 unspecified atom stereocenters. The molecule has 0 radical (unpaired) electrons. The molecule has 0 saturated carbocycles. The highest BCUT2D eigenvalue weighted by Crippen LogP contribution is 2.05. The van der Waals surface area contributed by atoms with E-state index in [2.05, 4.69) is 5.32 Å². The van der Waals surface area contributed by atoms with Gasteiger partial charge in [0.25, 0.3) is 0 Å². The van der Waals surface area contributed by atoms with Crippen molar-refractivity contribution in [1.29, 1.82) is 0 Å². The molecule has 0 saturated heterocycles. The Kier molecular flexibility index (Phi) is 3.91. The molecule has 0 aliphatic rings. The number of carbonyl (C=O) groups is 1. The number of rotatable bonds is 4. The van der Waals surface area contributed by atoms with Crippen LogP contribution in [0.1, 0.15) is 26.3 Å². The normalized spacial score (nSPS) is 11.4. The van der Waals surface area contributed by atoms with E-state index < -0.39 is 0 Å². The fraction of sp³-hybridized carbons (Fsp3) is 0.545. The number of ether oxygens (including phenoxy) is 1. The number of hydrogen-bond donors (Lipinski definition) is 1. The van der Waals surface area contributed by atoms with Crippen LogP contribution in [0.4, 0.5) is 0 Å². The summed E-state index contributed by atoms with van der Waals surface area (Å²) in [5.41, 5.74) is 0.659. The van der Waals surface area contributed by atoms with Gasteiger partial charge in [0.15, 0.2) is 0 Å². The standard InChI is InChI=1S/C11H17NO3/c1-11(2,3)15-8-10(13)12-6-9-4-5-14-7-9/h4-5,7H,6,8H2,1-3H3,(H,12,13). The predicted octanol–water partition coefficient (Wildman–Crippen LogP) is 1.71. The van der Waals surface area contributed by atoms with Crippen molar-refractivity contribution in [3.05, 3.63) is 24.2 Å². The Bertz CT molecular complexity index is 298. The first kappa shape index (κ1) is 11.8. The van der Waals surface area contributed by atoms with Crippen molar-refractivity contribution in [3.8, 4) is 0 Å². The van der Waals surface area contributed by atoms with E-state index >= 15 is 0 Å². The van der Waals surface area contributed by atoms with Gasteiger partial charge in [-0.05, 0) is 26.8 Å². The van der Waals surface area contributed by atoms with Gasteiger partial charge in [-0.15, -0.1) is 0 Å². The molecule has 1 amide bonds. The molecule has 0 spiro atoms. The molecule has 0 bridgehead atoms. The molecule has 1 N–H and O–H groups in total. The summed E-state index contributed by atoms with van der Waals surface area (Å²) >= 11 is 0. The van der Waals surface area contributed by atoms with E-state index in [0.717, 1.165) is 5.56 Å². The summed E-state index contributed by atoms with van der Waals surface area (Å²) in [6.07, 6.45) is 3.18. The second-order valence-electron chi connectivity index (χ2n) is 4.31.